The lowest BCUT2D eigenvalue weighted by Crippen LogP contribution is -2.52. The van der Waals surface area contributed by atoms with Crippen LogP contribution in [-0.4, -0.2) is 47.2 Å². The Bertz CT molecular complexity index is 923. The van der Waals surface area contributed by atoms with E-state index in [9.17, 15) is 14.4 Å². The molecule has 0 saturated carbocycles. The molecule has 0 bridgehead atoms. The number of hydrogen-bond donors (Lipinski definition) is 1. The molecule has 0 spiro atoms. The fourth-order valence-corrected chi connectivity index (χ4v) is 3.79. The standard InChI is InChI=1S/C22H23N3O3/c1-15-6-8-16(9-7-15)13-24-10-11-25(14-21(24)27)20(26)12-19-17-4-2-3-5-18(17)22(28)23-19/h2-9,19H,10-14H2,1H3,(H,23,28). The van der Waals surface area contributed by atoms with E-state index < -0.39 is 0 Å². The summed E-state index contributed by atoms with van der Waals surface area (Å²) >= 11 is 0. The molecule has 6 nitrogen and oxygen atoms in total. The maximum Gasteiger partial charge on any atom is 0.252 e. The Balaban J connectivity index is 1.35. The lowest BCUT2D eigenvalue weighted by Gasteiger charge is -2.35. The molecule has 1 atom stereocenters. The van der Waals surface area contributed by atoms with Crippen LogP contribution in [0.15, 0.2) is 48.5 Å². The largest absolute Gasteiger partial charge is 0.345 e. The number of piperazine rings is 1. The van der Waals surface area contributed by atoms with E-state index >= 15 is 0 Å². The molecular formula is C22H23N3O3. The predicted molar refractivity (Wildman–Crippen MR) is 104 cm³/mol. The van der Waals surface area contributed by atoms with Crippen molar-refractivity contribution in [1.82, 2.24) is 15.1 Å². The van der Waals surface area contributed by atoms with Crippen molar-refractivity contribution < 1.29 is 14.4 Å². The summed E-state index contributed by atoms with van der Waals surface area (Å²) in [6.07, 6.45) is 0.175. The van der Waals surface area contributed by atoms with Gasteiger partial charge >= 0.3 is 0 Å². The van der Waals surface area contributed by atoms with Crippen LogP contribution in [-0.2, 0) is 16.1 Å². The molecule has 1 N–H and O–H groups in total. The molecule has 0 aromatic heterocycles. The molecule has 1 saturated heterocycles. The summed E-state index contributed by atoms with van der Waals surface area (Å²) in [4.78, 5) is 40.7. The minimum absolute atomic E-state index is 0.0453. The third-order valence-electron chi connectivity index (χ3n) is 5.43. The van der Waals surface area contributed by atoms with Crippen LogP contribution in [0.2, 0.25) is 0 Å². The first-order valence-electron chi connectivity index (χ1n) is 9.52. The van der Waals surface area contributed by atoms with Crippen LogP contribution >= 0.6 is 0 Å². The summed E-state index contributed by atoms with van der Waals surface area (Å²) in [5, 5.41) is 2.86. The lowest BCUT2D eigenvalue weighted by atomic mass is 10.0. The second kappa shape index (κ2) is 7.46. The highest BCUT2D eigenvalue weighted by Gasteiger charge is 2.33. The summed E-state index contributed by atoms with van der Waals surface area (Å²) in [7, 11) is 0. The van der Waals surface area contributed by atoms with Crippen molar-refractivity contribution in [3.8, 4) is 0 Å². The van der Waals surface area contributed by atoms with Gasteiger partial charge in [0.15, 0.2) is 0 Å². The number of amides is 3. The molecule has 6 heteroatoms. The van der Waals surface area contributed by atoms with Gasteiger partial charge in [-0.1, -0.05) is 48.0 Å². The number of rotatable bonds is 4. The highest BCUT2D eigenvalue weighted by Crippen LogP contribution is 2.28. The first kappa shape index (κ1) is 18.2. The van der Waals surface area contributed by atoms with E-state index in [1.165, 1.54) is 5.56 Å². The van der Waals surface area contributed by atoms with Crippen LogP contribution in [0.5, 0.6) is 0 Å². The number of nitrogens with one attached hydrogen (secondary N) is 1. The highest BCUT2D eigenvalue weighted by molar-refractivity contribution is 6.00. The Labute approximate surface area is 164 Å². The van der Waals surface area contributed by atoms with Crippen molar-refractivity contribution in [3.63, 3.8) is 0 Å². The fourth-order valence-electron chi connectivity index (χ4n) is 3.79. The summed E-state index contributed by atoms with van der Waals surface area (Å²) in [6.45, 7) is 3.72. The minimum Gasteiger partial charge on any atom is -0.345 e. The van der Waals surface area contributed by atoms with Gasteiger partial charge in [-0.25, -0.2) is 0 Å². The van der Waals surface area contributed by atoms with Crippen molar-refractivity contribution in [2.75, 3.05) is 19.6 Å². The van der Waals surface area contributed by atoms with Crippen molar-refractivity contribution in [2.45, 2.75) is 25.9 Å². The van der Waals surface area contributed by atoms with E-state index in [1.807, 2.05) is 49.4 Å². The first-order chi connectivity index (χ1) is 13.5. The van der Waals surface area contributed by atoms with Gasteiger partial charge in [0, 0.05) is 25.2 Å². The molecule has 144 valence electrons. The summed E-state index contributed by atoms with van der Waals surface area (Å²) in [5.74, 6) is -0.297. The van der Waals surface area contributed by atoms with Gasteiger partial charge in [0.05, 0.1) is 19.0 Å². The smallest absolute Gasteiger partial charge is 0.252 e. The Morgan fingerprint density at radius 2 is 1.82 bits per heavy atom. The number of benzene rings is 2. The Kier molecular flexibility index (Phi) is 4.86. The number of hydrogen-bond acceptors (Lipinski definition) is 3. The van der Waals surface area contributed by atoms with Crippen molar-refractivity contribution in [2.24, 2.45) is 0 Å². The average Bonchev–Trinajstić information content (AvgIpc) is 3.01. The maximum absolute atomic E-state index is 12.7. The molecule has 2 heterocycles. The molecule has 0 radical (unpaired) electrons. The van der Waals surface area contributed by atoms with E-state index in [-0.39, 0.29) is 36.7 Å². The normalized spacial score (nSPS) is 18.8. The van der Waals surface area contributed by atoms with E-state index in [4.69, 9.17) is 0 Å². The van der Waals surface area contributed by atoms with Crippen LogP contribution in [0.25, 0.3) is 0 Å². The van der Waals surface area contributed by atoms with Crippen LogP contribution < -0.4 is 5.32 Å². The van der Waals surface area contributed by atoms with E-state index in [0.29, 0.717) is 25.2 Å². The second-order valence-corrected chi connectivity index (χ2v) is 7.43. The molecule has 4 rings (SSSR count). The Morgan fingerprint density at radius 1 is 1.07 bits per heavy atom. The van der Waals surface area contributed by atoms with Crippen molar-refractivity contribution in [1.29, 1.82) is 0 Å². The summed E-state index contributed by atoms with van der Waals surface area (Å²) in [6, 6.07) is 15.1. The molecule has 2 aliphatic heterocycles. The molecule has 1 fully saturated rings. The Morgan fingerprint density at radius 3 is 2.57 bits per heavy atom. The molecule has 3 amide bonds. The van der Waals surface area contributed by atoms with E-state index in [2.05, 4.69) is 5.32 Å². The number of carbonyl (C=O) groups is 3. The first-order valence-corrected chi connectivity index (χ1v) is 9.52. The minimum atomic E-state index is -0.322. The molecule has 0 aliphatic carbocycles. The highest BCUT2D eigenvalue weighted by atomic mass is 16.2. The van der Waals surface area contributed by atoms with Gasteiger partial charge in [-0.05, 0) is 24.1 Å². The number of aryl methyl sites for hydroxylation is 1. The number of carbonyl (C=O) groups excluding carboxylic acids is 3. The van der Waals surface area contributed by atoms with Gasteiger partial charge in [-0.15, -0.1) is 0 Å². The zero-order chi connectivity index (χ0) is 19.7. The number of fused-ring (bicyclic) bond motifs is 1. The molecule has 2 aromatic carbocycles. The van der Waals surface area contributed by atoms with Gasteiger partial charge < -0.3 is 15.1 Å². The van der Waals surface area contributed by atoms with Crippen molar-refractivity contribution >= 4 is 17.7 Å². The predicted octanol–water partition coefficient (Wildman–Crippen LogP) is 2.04. The van der Waals surface area contributed by atoms with Crippen LogP contribution in [0.1, 0.15) is 39.5 Å². The van der Waals surface area contributed by atoms with Gasteiger partial charge in [0.1, 0.15) is 0 Å². The topological polar surface area (TPSA) is 69.7 Å². The van der Waals surface area contributed by atoms with Crippen molar-refractivity contribution in [3.05, 3.63) is 70.8 Å². The van der Waals surface area contributed by atoms with Crippen LogP contribution in [0.3, 0.4) is 0 Å². The quantitative estimate of drug-likeness (QED) is 0.887. The van der Waals surface area contributed by atoms with Gasteiger partial charge in [0.25, 0.3) is 5.91 Å². The van der Waals surface area contributed by atoms with E-state index in [1.54, 1.807) is 15.9 Å². The second-order valence-electron chi connectivity index (χ2n) is 7.43. The van der Waals surface area contributed by atoms with Crippen LogP contribution in [0.4, 0.5) is 0 Å². The van der Waals surface area contributed by atoms with E-state index in [0.717, 1.165) is 11.1 Å². The van der Waals surface area contributed by atoms with Crippen LogP contribution in [0, 0.1) is 6.92 Å². The summed E-state index contributed by atoms with van der Waals surface area (Å²) in [5.41, 5.74) is 3.75. The molecule has 1 unspecified atom stereocenters. The molecular weight excluding hydrogens is 354 g/mol. The number of nitrogens with zero attached hydrogens (tertiary/aromatic N) is 2. The summed E-state index contributed by atoms with van der Waals surface area (Å²) < 4.78 is 0. The third-order valence-corrected chi connectivity index (χ3v) is 5.43. The maximum atomic E-state index is 12.7. The van der Waals surface area contributed by atoms with Gasteiger partial charge in [0.2, 0.25) is 11.8 Å². The third kappa shape index (κ3) is 3.63. The lowest BCUT2D eigenvalue weighted by molar-refractivity contribution is -0.146. The average molecular weight is 377 g/mol. The molecule has 2 aromatic rings. The SMILES string of the molecule is Cc1ccc(CN2CCN(C(=O)CC3NC(=O)c4ccccc43)CC2=O)cc1. The molecule has 28 heavy (non-hydrogen) atoms. The fraction of sp³-hybridized carbons (Fsp3) is 0.318. The monoisotopic (exact) mass is 377 g/mol. The van der Waals surface area contributed by atoms with Gasteiger partial charge in [-0.3, -0.25) is 14.4 Å². The zero-order valence-corrected chi connectivity index (χ0v) is 15.9. The zero-order valence-electron chi connectivity index (χ0n) is 15.9. The Hall–Kier alpha value is -3.15. The molecule has 2 aliphatic rings. The van der Waals surface area contributed by atoms with Gasteiger partial charge in [-0.2, -0.15) is 0 Å².